The van der Waals surface area contributed by atoms with Gasteiger partial charge in [0.05, 0.1) is 16.1 Å². The molecule has 6 heteroatoms. The molecule has 3 rings (SSSR count). The summed E-state index contributed by atoms with van der Waals surface area (Å²) < 4.78 is 1.58. The van der Waals surface area contributed by atoms with E-state index >= 15 is 0 Å². The zero-order valence-electron chi connectivity index (χ0n) is 11.8. The molecule has 0 aliphatic carbocycles. The Balaban J connectivity index is 2.33. The molecule has 3 aromatic rings. The Kier molecular flexibility index (Phi) is 3.87. The van der Waals surface area contributed by atoms with Crippen LogP contribution in [0, 0.1) is 0 Å². The Morgan fingerprint density at radius 1 is 1.09 bits per heavy atom. The Morgan fingerprint density at radius 3 is 2.50 bits per heavy atom. The minimum atomic E-state index is -0.171. The van der Waals surface area contributed by atoms with Crippen LogP contribution in [0.2, 0.25) is 0 Å². The smallest absolute Gasteiger partial charge is 0.265 e. The van der Waals surface area contributed by atoms with Crippen molar-refractivity contribution < 1.29 is 0 Å². The molecule has 0 radical (unpaired) electrons. The standard InChI is InChI=1S/C16H12N4OS/c1-20-13-10-6-5-9-12(13)14(18-19-17)15(16(20)21)22-11-7-3-2-4-8-11/h2-10H,1H3. The summed E-state index contributed by atoms with van der Waals surface area (Å²) in [6.45, 7) is 0. The summed E-state index contributed by atoms with van der Waals surface area (Å²) in [7, 11) is 1.72. The van der Waals surface area contributed by atoms with Crippen LogP contribution in [-0.2, 0) is 7.05 Å². The molecule has 0 spiro atoms. The van der Waals surface area contributed by atoms with Crippen LogP contribution in [0.1, 0.15) is 0 Å². The van der Waals surface area contributed by atoms with Gasteiger partial charge < -0.3 is 4.57 Å². The number of pyridine rings is 1. The summed E-state index contributed by atoms with van der Waals surface area (Å²) in [5.74, 6) is 0. The molecule has 0 saturated carbocycles. The number of nitrogens with zero attached hydrogens (tertiary/aromatic N) is 4. The lowest BCUT2D eigenvalue weighted by atomic mass is 10.2. The van der Waals surface area contributed by atoms with Crippen LogP contribution in [0.25, 0.3) is 21.3 Å². The number of hydrogen-bond donors (Lipinski definition) is 0. The predicted molar refractivity (Wildman–Crippen MR) is 88.6 cm³/mol. The van der Waals surface area contributed by atoms with E-state index in [1.54, 1.807) is 11.6 Å². The number of hydrogen-bond acceptors (Lipinski definition) is 3. The SMILES string of the molecule is Cn1c(=O)c(Sc2ccccc2)c(N=[N+]=[N-])c2ccccc21. The number of para-hydroxylation sites is 1. The molecule has 0 unspecified atom stereocenters. The van der Waals surface area contributed by atoms with Crippen LogP contribution < -0.4 is 5.56 Å². The van der Waals surface area contributed by atoms with Crippen molar-refractivity contribution in [2.75, 3.05) is 0 Å². The molecule has 5 nitrogen and oxygen atoms in total. The van der Waals surface area contributed by atoms with E-state index in [9.17, 15) is 4.79 Å². The third-order valence-corrected chi connectivity index (χ3v) is 4.42. The van der Waals surface area contributed by atoms with E-state index in [1.165, 1.54) is 11.8 Å². The lowest BCUT2D eigenvalue weighted by Crippen LogP contribution is -2.18. The first-order valence-corrected chi connectivity index (χ1v) is 7.43. The third-order valence-electron chi connectivity index (χ3n) is 3.34. The summed E-state index contributed by atoms with van der Waals surface area (Å²) in [6, 6.07) is 17.0. The maximum Gasteiger partial charge on any atom is 0.265 e. The first kappa shape index (κ1) is 14.3. The van der Waals surface area contributed by atoms with E-state index in [4.69, 9.17) is 5.53 Å². The van der Waals surface area contributed by atoms with Crippen molar-refractivity contribution in [3.8, 4) is 0 Å². The summed E-state index contributed by atoms with van der Waals surface area (Å²) in [4.78, 5) is 16.9. The number of fused-ring (bicyclic) bond motifs is 1. The van der Waals surface area contributed by atoms with E-state index in [1.807, 2.05) is 54.6 Å². The maximum absolute atomic E-state index is 12.6. The second-order valence-electron chi connectivity index (χ2n) is 4.66. The zero-order valence-corrected chi connectivity index (χ0v) is 12.6. The van der Waals surface area contributed by atoms with Crippen LogP contribution in [0.4, 0.5) is 5.69 Å². The van der Waals surface area contributed by atoms with Crippen molar-refractivity contribution in [3.63, 3.8) is 0 Å². The number of aryl methyl sites for hydroxylation is 1. The number of rotatable bonds is 3. The van der Waals surface area contributed by atoms with Crippen LogP contribution in [0.15, 0.2) is 74.3 Å². The average molecular weight is 308 g/mol. The normalized spacial score (nSPS) is 10.4. The van der Waals surface area contributed by atoms with Gasteiger partial charge in [-0.2, -0.15) is 0 Å². The van der Waals surface area contributed by atoms with Crippen LogP contribution >= 0.6 is 11.8 Å². The highest BCUT2D eigenvalue weighted by molar-refractivity contribution is 7.99. The highest BCUT2D eigenvalue weighted by Crippen LogP contribution is 2.37. The zero-order chi connectivity index (χ0) is 15.5. The van der Waals surface area contributed by atoms with Crippen molar-refractivity contribution in [2.45, 2.75) is 9.79 Å². The van der Waals surface area contributed by atoms with Gasteiger partial charge in [0.2, 0.25) is 0 Å². The molecule has 22 heavy (non-hydrogen) atoms. The first-order chi connectivity index (χ1) is 10.7. The molecule has 0 aliphatic heterocycles. The number of azide groups is 1. The topological polar surface area (TPSA) is 70.8 Å². The van der Waals surface area contributed by atoms with Gasteiger partial charge in [-0.3, -0.25) is 4.79 Å². The Morgan fingerprint density at radius 2 is 1.77 bits per heavy atom. The molecule has 1 aromatic heterocycles. The molecule has 0 saturated heterocycles. The minimum absolute atomic E-state index is 0.171. The van der Waals surface area contributed by atoms with Crippen LogP contribution in [0.3, 0.4) is 0 Å². The van der Waals surface area contributed by atoms with Gasteiger partial charge in [-0.05, 0) is 23.7 Å². The van der Waals surface area contributed by atoms with Crippen molar-refractivity contribution in [1.82, 2.24) is 4.57 Å². The second kappa shape index (κ2) is 5.97. The molecule has 0 bridgehead atoms. The molecular weight excluding hydrogens is 296 g/mol. The van der Waals surface area contributed by atoms with Crippen molar-refractivity contribution in [2.24, 2.45) is 12.2 Å². The van der Waals surface area contributed by atoms with Crippen LogP contribution in [0.5, 0.6) is 0 Å². The summed E-state index contributed by atoms with van der Waals surface area (Å²) in [5.41, 5.74) is 9.83. The molecule has 108 valence electrons. The van der Waals surface area contributed by atoms with Crippen molar-refractivity contribution in [3.05, 3.63) is 75.4 Å². The fraction of sp³-hybridized carbons (Fsp3) is 0.0625. The van der Waals surface area contributed by atoms with E-state index < -0.39 is 0 Å². The lowest BCUT2D eigenvalue weighted by molar-refractivity contribution is 0.876. The minimum Gasteiger partial charge on any atom is -0.310 e. The molecule has 0 aliphatic rings. The maximum atomic E-state index is 12.6. The second-order valence-corrected chi connectivity index (χ2v) is 5.75. The number of aromatic nitrogens is 1. The monoisotopic (exact) mass is 308 g/mol. The van der Waals surface area contributed by atoms with E-state index in [0.717, 1.165) is 15.8 Å². The van der Waals surface area contributed by atoms with Gasteiger partial charge in [-0.15, -0.1) is 0 Å². The molecule has 0 fully saturated rings. The fourth-order valence-corrected chi connectivity index (χ4v) is 3.29. The van der Waals surface area contributed by atoms with E-state index in [-0.39, 0.29) is 5.56 Å². The fourth-order valence-electron chi connectivity index (χ4n) is 2.29. The van der Waals surface area contributed by atoms with Crippen molar-refractivity contribution in [1.29, 1.82) is 0 Å². The van der Waals surface area contributed by atoms with Crippen LogP contribution in [-0.4, -0.2) is 4.57 Å². The third kappa shape index (κ3) is 2.45. The molecular formula is C16H12N4OS. The van der Waals surface area contributed by atoms with Crippen molar-refractivity contribution >= 4 is 28.4 Å². The van der Waals surface area contributed by atoms with Gasteiger partial charge in [0.1, 0.15) is 0 Å². The van der Waals surface area contributed by atoms with Gasteiger partial charge in [0.15, 0.2) is 0 Å². The summed E-state index contributed by atoms with van der Waals surface area (Å²) in [6.07, 6.45) is 0. The molecule has 2 aromatic carbocycles. The number of benzene rings is 2. The Labute approximate surface area is 130 Å². The lowest BCUT2D eigenvalue weighted by Gasteiger charge is -2.12. The highest BCUT2D eigenvalue weighted by Gasteiger charge is 2.15. The van der Waals surface area contributed by atoms with Gasteiger partial charge in [0, 0.05) is 22.2 Å². The molecule has 1 heterocycles. The first-order valence-electron chi connectivity index (χ1n) is 6.62. The molecule has 0 amide bonds. The quantitative estimate of drug-likeness (QED) is 0.402. The summed E-state index contributed by atoms with van der Waals surface area (Å²) in [5, 5.41) is 4.54. The Hall–Kier alpha value is -2.69. The highest BCUT2D eigenvalue weighted by atomic mass is 32.2. The van der Waals surface area contributed by atoms with Gasteiger partial charge >= 0.3 is 0 Å². The molecule has 0 atom stereocenters. The van der Waals surface area contributed by atoms with Gasteiger partial charge in [0.25, 0.3) is 5.56 Å². The average Bonchev–Trinajstić information content (AvgIpc) is 2.57. The Bertz CT molecular complexity index is 944. The van der Waals surface area contributed by atoms with E-state index in [0.29, 0.717) is 10.6 Å². The van der Waals surface area contributed by atoms with Gasteiger partial charge in [-0.1, -0.05) is 53.3 Å². The predicted octanol–water partition coefficient (Wildman–Crippen LogP) is 4.63. The van der Waals surface area contributed by atoms with Gasteiger partial charge in [-0.25, -0.2) is 0 Å². The largest absolute Gasteiger partial charge is 0.310 e. The van der Waals surface area contributed by atoms with E-state index in [2.05, 4.69) is 10.0 Å². The summed E-state index contributed by atoms with van der Waals surface area (Å²) >= 11 is 1.31. The molecule has 0 N–H and O–H groups in total.